The van der Waals surface area contributed by atoms with Gasteiger partial charge < -0.3 is 9.47 Å². The molecule has 0 bridgehead atoms. The van der Waals surface area contributed by atoms with Crippen LogP contribution < -0.4 is 10.3 Å². The van der Waals surface area contributed by atoms with Crippen molar-refractivity contribution in [1.82, 2.24) is 9.66 Å². The SMILES string of the molecule is CCCCc1nc2ccc(Br)cc2c(=O)n1N=Cc1cc(Br)cc([N+](=O)[O-])c1OCC(=O)OC. The molecule has 0 unspecified atom stereocenters. The van der Waals surface area contributed by atoms with Gasteiger partial charge in [-0.05, 0) is 30.7 Å². The Labute approximate surface area is 211 Å². The van der Waals surface area contributed by atoms with Gasteiger partial charge in [-0.3, -0.25) is 14.9 Å². The second kappa shape index (κ2) is 11.3. The number of methoxy groups -OCH3 is 1. The monoisotopic (exact) mass is 594 g/mol. The normalized spacial score (nSPS) is 11.2. The highest BCUT2D eigenvalue weighted by atomic mass is 79.9. The molecule has 0 aliphatic rings. The smallest absolute Gasteiger partial charge is 0.343 e. The number of fused-ring (bicyclic) bond motifs is 1. The quantitative estimate of drug-likeness (QED) is 0.153. The highest BCUT2D eigenvalue weighted by Gasteiger charge is 2.22. The molecule has 2 aromatic carbocycles. The minimum atomic E-state index is -0.706. The molecule has 1 heterocycles. The third-order valence-corrected chi connectivity index (χ3v) is 5.71. The number of unbranched alkanes of at least 4 members (excludes halogenated alkanes) is 1. The van der Waals surface area contributed by atoms with Crippen molar-refractivity contribution in [2.45, 2.75) is 26.2 Å². The Morgan fingerprint density at radius 1 is 1.26 bits per heavy atom. The van der Waals surface area contributed by atoms with Gasteiger partial charge in [0.1, 0.15) is 5.82 Å². The maximum atomic E-state index is 13.2. The summed E-state index contributed by atoms with van der Waals surface area (Å²) < 4.78 is 12.2. The second-order valence-electron chi connectivity index (χ2n) is 7.12. The number of ether oxygens (including phenoxy) is 2. The van der Waals surface area contributed by atoms with Gasteiger partial charge in [0, 0.05) is 27.0 Å². The number of nitro benzene ring substituents is 1. The molecule has 3 aromatic rings. The van der Waals surface area contributed by atoms with Crippen molar-refractivity contribution in [2.75, 3.05) is 13.7 Å². The first-order valence-electron chi connectivity index (χ1n) is 10.2. The van der Waals surface area contributed by atoms with E-state index in [0.29, 0.717) is 27.6 Å². The van der Waals surface area contributed by atoms with Crippen LogP contribution >= 0.6 is 31.9 Å². The van der Waals surface area contributed by atoms with Crippen LogP contribution in [0.15, 0.2) is 49.2 Å². The Morgan fingerprint density at radius 2 is 2.03 bits per heavy atom. The van der Waals surface area contributed by atoms with Gasteiger partial charge in [0.05, 0.1) is 29.2 Å². The molecule has 0 saturated heterocycles. The number of nitrogens with zero attached hydrogens (tertiary/aromatic N) is 4. The van der Waals surface area contributed by atoms with Crippen molar-refractivity contribution in [1.29, 1.82) is 0 Å². The number of carbonyl (C=O) groups is 1. The van der Waals surface area contributed by atoms with Gasteiger partial charge in [-0.2, -0.15) is 9.78 Å². The van der Waals surface area contributed by atoms with E-state index < -0.39 is 17.5 Å². The van der Waals surface area contributed by atoms with E-state index in [1.54, 1.807) is 18.2 Å². The van der Waals surface area contributed by atoms with Crippen LogP contribution in [0, 0.1) is 10.1 Å². The van der Waals surface area contributed by atoms with Crippen molar-refractivity contribution >= 4 is 60.6 Å². The first kappa shape index (κ1) is 25.5. The molecule has 10 nitrogen and oxygen atoms in total. The van der Waals surface area contributed by atoms with Gasteiger partial charge in [0.25, 0.3) is 5.56 Å². The Balaban J connectivity index is 2.16. The highest BCUT2D eigenvalue weighted by Crippen LogP contribution is 2.34. The number of aryl methyl sites for hydroxylation is 1. The number of nitro groups is 1. The minimum absolute atomic E-state index is 0.179. The summed E-state index contributed by atoms with van der Waals surface area (Å²) in [4.78, 5) is 40.4. The maximum Gasteiger partial charge on any atom is 0.343 e. The zero-order chi connectivity index (χ0) is 24.8. The molecule has 12 heteroatoms. The van der Waals surface area contributed by atoms with Crippen LogP contribution in [0.25, 0.3) is 10.9 Å². The van der Waals surface area contributed by atoms with Gasteiger partial charge in [-0.15, -0.1) is 0 Å². The third kappa shape index (κ3) is 5.86. The van der Waals surface area contributed by atoms with E-state index >= 15 is 0 Å². The Bertz CT molecular complexity index is 1340. The highest BCUT2D eigenvalue weighted by molar-refractivity contribution is 9.10. The molecule has 34 heavy (non-hydrogen) atoms. The molecule has 1 aromatic heterocycles. The zero-order valence-corrected chi connectivity index (χ0v) is 21.5. The molecule has 0 aliphatic heterocycles. The van der Waals surface area contributed by atoms with Crippen LogP contribution in [-0.2, 0) is 16.0 Å². The number of hydrogen-bond acceptors (Lipinski definition) is 8. The number of esters is 1. The van der Waals surface area contributed by atoms with Crippen LogP contribution in [0.3, 0.4) is 0 Å². The fourth-order valence-electron chi connectivity index (χ4n) is 3.11. The summed E-state index contributed by atoms with van der Waals surface area (Å²) in [6.45, 7) is 1.49. The summed E-state index contributed by atoms with van der Waals surface area (Å²) in [5, 5.41) is 16.3. The molecule has 3 rings (SSSR count). The second-order valence-corrected chi connectivity index (χ2v) is 8.95. The lowest BCUT2D eigenvalue weighted by atomic mass is 10.2. The summed E-state index contributed by atoms with van der Waals surface area (Å²) in [6, 6.07) is 8.00. The molecule has 0 radical (unpaired) electrons. The Hall–Kier alpha value is -3.12. The number of aromatic nitrogens is 2. The van der Waals surface area contributed by atoms with Crippen molar-refractivity contribution in [3.8, 4) is 5.75 Å². The lowest BCUT2D eigenvalue weighted by Crippen LogP contribution is -2.22. The molecular formula is C22H20Br2N4O6. The van der Waals surface area contributed by atoms with E-state index in [4.69, 9.17) is 4.74 Å². The Kier molecular flexibility index (Phi) is 8.51. The topological polar surface area (TPSA) is 126 Å². The molecule has 0 amide bonds. The number of carbonyl (C=O) groups excluding carboxylic acids is 1. The van der Waals surface area contributed by atoms with Crippen LogP contribution in [-0.4, -0.2) is 40.5 Å². The van der Waals surface area contributed by atoms with E-state index in [0.717, 1.165) is 17.3 Å². The standard InChI is InChI=1S/C22H20Br2N4O6/c1-3-4-5-19-26-17-7-6-14(23)9-16(17)22(30)27(19)25-11-13-8-15(24)10-18(28(31)32)21(13)34-12-20(29)33-2/h6-11H,3-5,12H2,1-2H3. The van der Waals surface area contributed by atoms with Gasteiger partial charge in [-0.25, -0.2) is 9.78 Å². The number of rotatable bonds is 9. The lowest BCUT2D eigenvalue weighted by Gasteiger charge is -2.11. The molecular weight excluding hydrogens is 576 g/mol. The van der Waals surface area contributed by atoms with Gasteiger partial charge in [0.15, 0.2) is 6.61 Å². The number of hydrogen-bond donors (Lipinski definition) is 0. The fourth-order valence-corrected chi connectivity index (χ4v) is 3.93. The average Bonchev–Trinajstić information content (AvgIpc) is 2.81. The summed E-state index contributed by atoms with van der Waals surface area (Å²) >= 11 is 6.60. The van der Waals surface area contributed by atoms with E-state index in [-0.39, 0.29) is 22.6 Å². The fraction of sp³-hybridized carbons (Fsp3) is 0.273. The van der Waals surface area contributed by atoms with Crippen LogP contribution in [0.4, 0.5) is 5.69 Å². The van der Waals surface area contributed by atoms with Crippen LogP contribution in [0.2, 0.25) is 0 Å². The molecule has 178 valence electrons. The lowest BCUT2D eigenvalue weighted by molar-refractivity contribution is -0.385. The minimum Gasteiger partial charge on any atom is -0.474 e. The summed E-state index contributed by atoms with van der Waals surface area (Å²) in [7, 11) is 1.18. The zero-order valence-electron chi connectivity index (χ0n) is 18.3. The van der Waals surface area contributed by atoms with Gasteiger partial charge in [-0.1, -0.05) is 45.2 Å². The summed E-state index contributed by atoms with van der Waals surface area (Å²) in [6.07, 6.45) is 3.47. The average molecular weight is 596 g/mol. The van der Waals surface area contributed by atoms with Crippen LogP contribution in [0.5, 0.6) is 5.75 Å². The van der Waals surface area contributed by atoms with Crippen molar-refractivity contribution < 1.29 is 19.2 Å². The molecule has 0 atom stereocenters. The van der Waals surface area contributed by atoms with Crippen LogP contribution in [0.1, 0.15) is 31.2 Å². The van der Waals surface area contributed by atoms with Gasteiger partial charge >= 0.3 is 11.7 Å². The summed E-state index contributed by atoms with van der Waals surface area (Å²) in [5.41, 5.74) is -0.0207. The first-order chi connectivity index (χ1) is 16.2. The van der Waals surface area contributed by atoms with Crippen molar-refractivity contribution in [3.63, 3.8) is 0 Å². The largest absolute Gasteiger partial charge is 0.474 e. The number of halogens is 2. The van der Waals surface area contributed by atoms with E-state index in [2.05, 4.69) is 46.7 Å². The Morgan fingerprint density at radius 3 is 2.71 bits per heavy atom. The molecule has 0 spiro atoms. The first-order valence-corrected chi connectivity index (χ1v) is 11.8. The molecule has 0 aliphatic carbocycles. The predicted molar refractivity (Wildman–Crippen MR) is 134 cm³/mol. The predicted octanol–water partition coefficient (Wildman–Crippen LogP) is 4.61. The van der Waals surface area contributed by atoms with E-state index in [1.807, 2.05) is 6.92 Å². The van der Waals surface area contributed by atoms with Crippen molar-refractivity contribution in [3.05, 3.63) is 71.1 Å². The third-order valence-electron chi connectivity index (χ3n) is 4.76. The maximum absolute atomic E-state index is 13.2. The van der Waals surface area contributed by atoms with Gasteiger partial charge in [0.2, 0.25) is 5.75 Å². The van der Waals surface area contributed by atoms with E-state index in [9.17, 15) is 19.7 Å². The number of benzene rings is 2. The molecule has 0 saturated carbocycles. The molecule has 0 fully saturated rings. The van der Waals surface area contributed by atoms with E-state index in [1.165, 1.54) is 30.1 Å². The molecule has 0 N–H and O–H groups in total. The van der Waals surface area contributed by atoms with Crippen molar-refractivity contribution in [2.24, 2.45) is 5.10 Å². The summed E-state index contributed by atoms with van der Waals surface area (Å²) in [5.74, 6) is -0.427.